The smallest absolute Gasteiger partial charge is 0.193 e. The molecule has 2 heterocycles. The Morgan fingerprint density at radius 2 is 2.00 bits per heavy atom. The molecule has 1 saturated heterocycles. The molecule has 0 unspecified atom stereocenters. The lowest BCUT2D eigenvalue weighted by Gasteiger charge is -2.63. The van der Waals surface area contributed by atoms with Gasteiger partial charge in [-0.15, -0.1) is 0 Å². The van der Waals surface area contributed by atoms with E-state index in [1.165, 1.54) is 0 Å². The molecule has 214 valence electrons. The number of phenolic OH excluding ortho intramolecular Hbond substituents is 1. The van der Waals surface area contributed by atoms with Crippen LogP contribution in [-0.4, -0.2) is 66.8 Å². The van der Waals surface area contributed by atoms with Gasteiger partial charge in [-0.1, -0.05) is 25.5 Å². The maximum atomic E-state index is 18.0. The zero-order valence-corrected chi connectivity index (χ0v) is 23.4. The molecule has 40 heavy (non-hydrogen) atoms. The molecule has 0 radical (unpaired) electrons. The van der Waals surface area contributed by atoms with E-state index in [2.05, 4.69) is 0 Å². The summed E-state index contributed by atoms with van der Waals surface area (Å²) in [6, 6.07) is 6.83. The molecule has 2 aromatic rings. The van der Waals surface area contributed by atoms with Crippen molar-refractivity contribution < 1.29 is 34.0 Å². The Bertz CT molecular complexity index is 1450. The van der Waals surface area contributed by atoms with E-state index in [9.17, 15) is 20.1 Å². The van der Waals surface area contributed by atoms with Gasteiger partial charge in [-0.25, -0.2) is 9.07 Å². The van der Waals surface area contributed by atoms with Crippen LogP contribution in [0.5, 0.6) is 5.75 Å². The quantitative estimate of drug-likeness (QED) is 0.530. The van der Waals surface area contributed by atoms with Gasteiger partial charge < -0.3 is 24.8 Å². The number of Topliss-reactive ketones (excluding diaryl/α,β-unsaturated/α-hetero) is 1. The van der Waals surface area contributed by atoms with E-state index in [4.69, 9.17) is 14.6 Å². The van der Waals surface area contributed by atoms with Gasteiger partial charge in [0.2, 0.25) is 0 Å². The second kappa shape index (κ2) is 8.03. The van der Waals surface area contributed by atoms with E-state index in [1.807, 2.05) is 32.2 Å². The number of alkyl halides is 1. The normalized spacial score (nSPS) is 42.7. The number of benzene rings is 1. The zero-order valence-electron chi connectivity index (χ0n) is 23.4. The number of fused-ring (bicyclic) bond motifs is 8. The SMILES string of the molecule is CC1(C)O[C@@H]2C[C@H]3[C@@H]4CCC5=Cc6nn(-c7cccc(O)c7)cc6C[C@]5(C)[C@@]4(F)[C@@H](O)C[C@]3(C)[C@]2(C(=O)CO)O1. The minimum atomic E-state index is -1.94. The standard InChI is InChI=1S/C31H37FN2O6/c1-27(2)39-26-12-22-21-9-8-18-10-23-17(15-34(33-23)19-6-5-7-20(36)11-19)13-28(18,3)30(21,32)24(37)14-29(22,4)31(26,40-27)25(38)16-35/h5-7,10-11,15,21-22,24,26,35-37H,8-9,12-14,16H2,1-4H3/t21-,22-,24-,26+,28-,29-,30-,31+/m0/s1. The number of aliphatic hydroxyl groups excluding tert-OH is 2. The lowest BCUT2D eigenvalue weighted by molar-refractivity contribution is -0.250. The number of aliphatic hydroxyl groups is 2. The molecule has 9 heteroatoms. The third kappa shape index (κ3) is 3.04. The summed E-state index contributed by atoms with van der Waals surface area (Å²) in [5.41, 5.74) is -1.93. The van der Waals surface area contributed by atoms with Gasteiger partial charge in [-0.2, -0.15) is 5.10 Å². The topological polar surface area (TPSA) is 114 Å². The maximum Gasteiger partial charge on any atom is 0.193 e. The summed E-state index contributed by atoms with van der Waals surface area (Å²) in [5, 5.41) is 36.5. The van der Waals surface area contributed by atoms with Gasteiger partial charge in [0.1, 0.15) is 18.0 Å². The summed E-state index contributed by atoms with van der Waals surface area (Å²) in [6.45, 7) is 6.65. The highest BCUT2D eigenvalue weighted by molar-refractivity contribution is 5.91. The highest BCUT2D eigenvalue weighted by Gasteiger charge is 2.80. The van der Waals surface area contributed by atoms with E-state index in [0.29, 0.717) is 31.4 Å². The van der Waals surface area contributed by atoms with Crippen molar-refractivity contribution in [3.05, 3.63) is 47.3 Å². The molecule has 7 rings (SSSR count). The third-order valence-corrected chi connectivity index (χ3v) is 11.2. The van der Waals surface area contributed by atoms with Gasteiger partial charge in [0.15, 0.2) is 17.2 Å². The van der Waals surface area contributed by atoms with Crippen LogP contribution >= 0.6 is 0 Å². The van der Waals surface area contributed by atoms with E-state index < -0.39 is 58.4 Å². The molecule has 4 aliphatic carbocycles. The first-order chi connectivity index (χ1) is 18.8. The summed E-state index contributed by atoms with van der Waals surface area (Å²) in [4.78, 5) is 13.4. The second-order valence-electron chi connectivity index (χ2n) is 13.5. The molecule has 1 aromatic heterocycles. The predicted octanol–water partition coefficient (Wildman–Crippen LogP) is 3.88. The van der Waals surface area contributed by atoms with Crippen molar-refractivity contribution in [1.82, 2.24) is 9.78 Å². The van der Waals surface area contributed by atoms with Gasteiger partial charge >= 0.3 is 0 Å². The maximum absolute atomic E-state index is 18.0. The second-order valence-corrected chi connectivity index (χ2v) is 13.5. The molecular formula is C31H37FN2O6. The number of aromatic nitrogens is 2. The molecule has 8 atom stereocenters. The molecule has 0 bridgehead atoms. The molecule has 0 spiro atoms. The number of aromatic hydroxyl groups is 1. The van der Waals surface area contributed by atoms with Crippen molar-refractivity contribution in [1.29, 1.82) is 0 Å². The number of ketones is 1. The molecule has 3 saturated carbocycles. The summed E-state index contributed by atoms with van der Waals surface area (Å²) in [5.74, 6) is -2.14. The summed E-state index contributed by atoms with van der Waals surface area (Å²) < 4.78 is 32.3. The lowest BCUT2D eigenvalue weighted by Crippen LogP contribution is -2.70. The molecule has 3 N–H and O–H groups in total. The first-order valence-electron chi connectivity index (χ1n) is 14.3. The fourth-order valence-electron chi connectivity index (χ4n) is 9.54. The Labute approximate surface area is 232 Å². The van der Waals surface area contributed by atoms with Gasteiger partial charge in [0.05, 0.1) is 23.6 Å². The van der Waals surface area contributed by atoms with E-state index in [-0.39, 0.29) is 18.1 Å². The van der Waals surface area contributed by atoms with Gasteiger partial charge in [0, 0.05) is 29.0 Å². The number of phenols is 1. The minimum Gasteiger partial charge on any atom is -0.508 e. The molecular weight excluding hydrogens is 515 g/mol. The number of hydrogen-bond acceptors (Lipinski definition) is 7. The Hall–Kier alpha value is -2.59. The number of rotatable bonds is 3. The van der Waals surface area contributed by atoms with Crippen LogP contribution in [0.3, 0.4) is 0 Å². The Balaban J connectivity index is 1.29. The zero-order chi connectivity index (χ0) is 28.5. The van der Waals surface area contributed by atoms with E-state index in [1.54, 1.807) is 36.7 Å². The highest BCUT2D eigenvalue weighted by atomic mass is 19.1. The lowest BCUT2D eigenvalue weighted by atomic mass is 9.43. The van der Waals surface area contributed by atoms with Crippen LogP contribution < -0.4 is 0 Å². The average Bonchev–Trinajstić information content (AvgIpc) is 3.49. The predicted molar refractivity (Wildman–Crippen MR) is 143 cm³/mol. The Morgan fingerprint density at radius 3 is 2.73 bits per heavy atom. The summed E-state index contributed by atoms with van der Waals surface area (Å²) in [6.07, 6.45) is 3.93. The molecule has 1 aliphatic heterocycles. The number of nitrogens with zero attached hydrogens (tertiary/aromatic N) is 2. The first kappa shape index (κ1) is 26.3. The fourth-order valence-corrected chi connectivity index (χ4v) is 9.54. The number of carbonyl (C=O) groups is 1. The summed E-state index contributed by atoms with van der Waals surface area (Å²) >= 11 is 0. The molecule has 1 aromatic carbocycles. The van der Waals surface area contributed by atoms with Gasteiger partial charge in [-0.05, 0) is 75.6 Å². The van der Waals surface area contributed by atoms with Crippen LogP contribution in [-0.2, 0) is 20.7 Å². The number of hydrogen-bond donors (Lipinski definition) is 3. The Kier molecular flexibility index (Phi) is 5.28. The van der Waals surface area contributed by atoms with Gasteiger partial charge in [0.25, 0.3) is 0 Å². The average molecular weight is 553 g/mol. The number of carbonyl (C=O) groups excluding carboxylic acids is 1. The Morgan fingerprint density at radius 1 is 1.23 bits per heavy atom. The summed E-state index contributed by atoms with van der Waals surface area (Å²) in [7, 11) is 0. The van der Waals surface area contributed by atoms with Crippen molar-refractivity contribution in [3.8, 4) is 11.4 Å². The van der Waals surface area contributed by atoms with E-state index in [0.717, 1.165) is 16.8 Å². The van der Waals surface area contributed by atoms with Crippen molar-refractivity contribution in [2.75, 3.05) is 6.61 Å². The monoisotopic (exact) mass is 552 g/mol. The number of allylic oxidation sites excluding steroid dienone is 1. The fraction of sp³-hybridized carbons (Fsp3) is 0.613. The number of halogens is 1. The minimum absolute atomic E-state index is 0.0324. The molecule has 5 aliphatic rings. The van der Waals surface area contributed by atoms with Gasteiger partial charge in [-0.3, -0.25) is 4.79 Å². The van der Waals surface area contributed by atoms with Crippen LogP contribution in [0.25, 0.3) is 11.8 Å². The van der Waals surface area contributed by atoms with Crippen LogP contribution in [0.1, 0.15) is 64.6 Å². The largest absolute Gasteiger partial charge is 0.508 e. The van der Waals surface area contributed by atoms with Crippen LogP contribution in [0.2, 0.25) is 0 Å². The van der Waals surface area contributed by atoms with E-state index >= 15 is 4.39 Å². The van der Waals surface area contributed by atoms with Crippen molar-refractivity contribution in [3.63, 3.8) is 0 Å². The number of ether oxygens (including phenoxy) is 2. The molecule has 0 amide bonds. The highest BCUT2D eigenvalue weighted by Crippen LogP contribution is 2.72. The van der Waals surface area contributed by atoms with Crippen LogP contribution in [0.4, 0.5) is 4.39 Å². The third-order valence-electron chi connectivity index (χ3n) is 11.2. The molecule has 8 nitrogen and oxygen atoms in total. The first-order valence-corrected chi connectivity index (χ1v) is 14.3. The van der Waals surface area contributed by atoms with Crippen molar-refractivity contribution in [2.45, 2.75) is 89.1 Å². The van der Waals surface area contributed by atoms with Crippen molar-refractivity contribution >= 4 is 11.9 Å². The van der Waals surface area contributed by atoms with Crippen LogP contribution in [0.15, 0.2) is 36.0 Å². The van der Waals surface area contributed by atoms with Crippen LogP contribution in [0, 0.1) is 22.7 Å². The molecule has 4 fully saturated rings. The van der Waals surface area contributed by atoms with Crippen molar-refractivity contribution in [2.24, 2.45) is 22.7 Å².